The van der Waals surface area contributed by atoms with Crippen LogP contribution in [0.5, 0.6) is 0 Å². The average molecular weight is 167 g/mol. The van der Waals surface area contributed by atoms with Crippen LogP contribution in [-0.4, -0.2) is 19.1 Å². The second-order valence-electron chi connectivity index (χ2n) is 2.45. The Morgan fingerprint density at radius 2 is 2.42 bits per heavy atom. The number of ether oxygens (including phenoxy) is 1. The summed E-state index contributed by atoms with van der Waals surface area (Å²) in [6.45, 7) is 1.04. The average Bonchev–Trinajstić information content (AvgIpc) is 2.29. The summed E-state index contributed by atoms with van der Waals surface area (Å²) in [6.07, 6.45) is 3.32. The van der Waals surface area contributed by atoms with Gasteiger partial charge in [0, 0.05) is 6.20 Å². The van der Waals surface area contributed by atoms with Gasteiger partial charge in [-0.2, -0.15) is 0 Å². The summed E-state index contributed by atoms with van der Waals surface area (Å²) < 4.78 is 5.25. The SMILES string of the molecule is O=C1NCCOC2=C1C=CNN2. The van der Waals surface area contributed by atoms with Crippen LogP contribution in [0.4, 0.5) is 0 Å². The number of hydrogen-bond acceptors (Lipinski definition) is 4. The molecule has 0 aromatic heterocycles. The molecule has 0 bridgehead atoms. The van der Waals surface area contributed by atoms with Crippen LogP contribution in [0.25, 0.3) is 0 Å². The van der Waals surface area contributed by atoms with Crippen molar-refractivity contribution in [2.24, 2.45) is 0 Å². The molecule has 3 N–H and O–H groups in total. The number of hydrazine groups is 1. The van der Waals surface area contributed by atoms with Gasteiger partial charge in [-0.1, -0.05) is 0 Å². The van der Waals surface area contributed by atoms with Crippen molar-refractivity contribution >= 4 is 5.91 Å². The standard InChI is InChI=1S/C7H9N3O2/c11-6-5-1-2-9-10-7(5)12-4-3-8-6/h1-2,9-10H,3-4H2,(H,8,11). The minimum Gasteiger partial charge on any atom is -0.476 e. The fourth-order valence-corrected chi connectivity index (χ4v) is 1.08. The normalized spacial score (nSPS) is 21.2. The van der Waals surface area contributed by atoms with Crippen molar-refractivity contribution in [3.05, 3.63) is 23.7 Å². The summed E-state index contributed by atoms with van der Waals surface area (Å²) in [7, 11) is 0. The Balaban J connectivity index is 2.31. The number of amides is 1. The predicted octanol–water partition coefficient (Wildman–Crippen LogP) is -1.03. The lowest BCUT2D eigenvalue weighted by atomic mass is 10.2. The first-order chi connectivity index (χ1) is 5.88. The van der Waals surface area contributed by atoms with E-state index in [1.165, 1.54) is 0 Å². The van der Waals surface area contributed by atoms with Gasteiger partial charge < -0.3 is 15.5 Å². The van der Waals surface area contributed by atoms with Gasteiger partial charge in [0.05, 0.1) is 6.54 Å². The Hall–Kier alpha value is -1.65. The molecule has 12 heavy (non-hydrogen) atoms. The van der Waals surface area contributed by atoms with E-state index in [-0.39, 0.29) is 5.91 Å². The first-order valence-electron chi connectivity index (χ1n) is 3.71. The van der Waals surface area contributed by atoms with E-state index in [2.05, 4.69) is 16.2 Å². The van der Waals surface area contributed by atoms with Gasteiger partial charge in [-0.15, -0.1) is 0 Å². The maximum Gasteiger partial charge on any atom is 0.256 e. The molecular weight excluding hydrogens is 158 g/mol. The summed E-state index contributed by atoms with van der Waals surface area (Å²) in [5.41, 5.74) is 6.02. The van der Waals surface area contributed by atoms with Crippen LogP contribution in [-0.2, 0) is 9.53 Å². The molecule has 0 spiro atoms. The molecule has 2 aliphatic heterocycles. The van der Waals surface area contributed by atoms with E-state index in [0.717, 1.165) is 0 Å². The zero-order valence-electron chi connectivity index (χ0n) is 6.39. The third-order valence-electron chi connectivity index (χ3n) is 1.64. The van der Waals surface area contributed by atoms with Crippen molar-refractivity contribution in [1.82, 2.24) is 16.2 Å². The summed E-state index contributed by atoms with van der Waals surface area (Å²) in [6, 6.07) is 0. The Labute approximate surface area is 69.4 Å². The molecular formula is C7H9N3O2. The molecule has 0 unspecified atom stereocenters. The van der Waals surface area contributed by atoms with E-state index >= 15 is 0 Å². The van der Waals surface area contributed by atoms with Crippen molar-refractivity contribution < 1.29 is 9.53 Å². The molecule has 0 saturated carbocycles. The fraction of sp³-hybridized carbons (Fsp3) is 0.286. The maximum atomic E-state index is 11.3. The van der Waals surface area contributed by atoms with Gasteiger partial charge in [0.15, 0.2) is 0 Å². The molecule has 0 aromatic carbocycles. The third-order valence-corrected chi connectivity index (χ3v) is 1.64. The van der Waals surface area contributed by atoms with Gasteiger partial charge in [-0.3, -0.25) is 10.2 Å². The van der Waals surface area contributed by atoms with Crippen molar-refractivity contribution in [2.75, 3.05) is 13.2 Å². The third kappa shape index (κ3) is 1.09. The lowest BCUT2D eigenvalue weighted by Gasteiger charge is -2.15. The molecule has 0 saturated heterocycles. The number of hydrogen-bond donors (Lipinski definition) is 3. The molecule has 1 amide bonds. The van der Waals surface area contributed by atoms with Crippen molar-refractivity contribution in [1.29, 1.82) is 0 Å². The first kappa shape index (κ1) is 7.02. The summed E-state index contributed by atoms with van der Waals surface area (Å²) in [5.74, 6) is 0.389. The molecule has 0 atom stereocenters. The smallest absolute Gasteiger partial charge is 0.256 e. The van der Waals surface area contributed by atoms with Crippen molar-refractivity contribution in [2.45, 2.75) is 0 Å². The largest absolute Gasteiger partial charge is 0.476 e. The molecule has 64 valence electrons. The quantitative estimate of drug-likeness (QED) is 0.431. The zero-order valence-corrected chi connectivity index (χ0v) is 6.39. The first-order valence-corrected chi connectivity index (χ1v) is 3.71. The minimum atomic E-state index is -0.104. The molecule has 2 aliphatic rings. The second-order valence-corrected chi connectivity index (χ2v) is 2.45. The number of carbonyl (C=O) groups excluding carboxylic acids is 1. The van der Waals surface area contributed by atoms with E-state index in [1.807, 2.05) is 0 Å². The van der Waals surface area contributed by atoms with Crippen molar-refractivity contribution in [3.8, 4) is 0 Å². The van der Waals surface area contributed by atoms with Crippen LogP contribution in [0.3, 0.4) is 0 Å². The van der Waals surface area contributed by atoms with Gasteiger partial charge in [-0.25, -0.2) is 0 Å². The maximum absolute atomic E-state index is 11.3. The lowest BCUT2D eigenvalue weighted by molar-refractivity contribution is -0.117. The van der Waals surface area contributed by atoms with Gasteiger partial charge in [-0.05, 0) is 6.08 Å². The Kier molecular flexibility index (Phi) is 1.62. The second kappa shape index (κ2) is 2.77. The summed E-state index contributed by atoms with van der Waals surface area (Å²) >= 11 is 0. The molecule has 2 heterocycles. The van der Waals surface area contributed by atoms with Gasteiger partial charge in [0.1, 0.15) is 12.2 Å². The van der Waals surface area contributed by atoms with Crippen LogP contribution in [0.1, 0.15) is 0 Å². The highest BCUT2D eigenvalue weighted by Crippen LogP contribution is 2.09. The molecule has 5 heteroatoms. The highest BCUT2D eigenvalue weighted by molar-refractivity contribution is 5.96. The molecule has 0 radical (unpaired) electrons. The zero-order chi connectivity index (χ0) is 8.39. The minimum absolute atomic E-state index is 0.104. The van der Waals surface area contributed by atoms with Crippen LogP contribution in [0.15, 0.2) is 23.7 Å². The van der Waals surface area contributed by atoms with Crippen molar-refractivity contribution in [3.63, 3.8) is 0 Å². The Bertz CT molecular complexity index is 270. The number of rotatable bonds is 0. The van der Waals surface area contributed by atoms with E-state index < -0.39 is 0 Å². The number of nitrogens with one attached hydrogen (secondary N) is 3. The van der Waals surface area contributed by atoms with Crippen LogP contribution >= 0.6 is 0 Å². The van der Waals surface area contributed by atoms with Crippen LogP contribution in [0, 0.1) is 0 Å². The highest BCUT2D eigenvalue weighted by atomic mass is 16.5. The monoisotopic (exact) mass is 167 g/mol. The van der Waals surface area contributed by atoms with Crippen LogP contribution < -0.4 is 16.2 Å². The predicted molar refractivity (Wildman–Crippen MR) is 41.4 cm³/mol. The number of carbonyl (C=O) groups is 1. The molecule has 0 aliphatic carbocycles. The van der Waals surface area contributed by atoms with E-state index in [1.54, 1.807) is 12.3 Å². The molecule has 0 fully saturated rings. The van der Waals surface area contributed by atoms with Crippen LogP contribution in [0.2, 0.25) is 0 Å². The lowest BCUT2D eigenvalue weighted by Crippen LogP contribution is -2.33. The fourth-order valence-electron chi connectivity index (χ4n) is 1.08. The molecule has 5 nitrogen and oxygen atoms in total. The van der Waals surface area contributed by atoms with Gasteiger partial charge in [0.2, 0.25) is 5.88 Å². The van der Waals surface area contributed by atoms with Gasteiger partial charge >= 0.3 is 0 Å². The van der Waals surface area contributed by atoms with E-state index in [4.69, 9.17) is 4.74 Å². The topological polar surface area (TPSA) is 62.4 Å². The Morgan fingerprint density at radius 3 is 3.33 bits per heavy atom. The van der Waals surface area contributed by atoms with E-state index in [0.29, 0.717) is 24.6 Å². The summed E-state index contributed by atoms with van der Waals surface area (Å²) in [5, 5.41) is 2.70. The van der Waals surface area contributed by atoms with E-state index in [9.17, 15) is 4.79 Å². The highest BCUT2D eigenvalue weighted by Gasteiger charge is 2.19. The Morgan fingerprint density at radius 1 is 1.50 bits per heavy atom. The summed E-state index contributed by atoms with van der Waals surface area (Å²) in [4.78, 5) is 11.3. The van der Waals surface area contributed by atoms with Gasteiger partial charge in [0.25, 0.3) is 5.91 Å². The molecule has 2 rings (SSSR count). The molecule has 0 aromatic rings.